The molecule has 1 amide bonds. The van der Waals surface area contributed by atoms with Crippen LogP contribution in [0, 0.1) is 17.0 Å². The molecule has 2 rings (SSSR count). The summed E-state index contributed by atoms with van der Waals surface area (Å²) in [6.07, 6.45) is 0. The molecule has 8 heteroatoms. The van der Waals surface area contributed by atoms with Gasteiger partial charge in [-0.2, -0.15) is 5.10 Å². The van der Waals surface area contributed by atoms with Gasteiger partial charge in [0.2, 0.25) is 5.69 Å². The van der Waals surface area contributed by atoms with Gasteiger partial charge < -0.3 is 5.32 Å². The van der Waals surface area contributed by atoms with E-state index in [1.165, 1.54) is 6.92 Å². The van der Waals surface area contributed by atoms with E-state index < -0.39 is 10.8 Å². The fourth-order valence-corrected chi connectivity index (χ4v) is 2.46. The number of carbonyl (C=O) groups excluding carboxylic acids is 1. The van der Waals surface area contributed by atoms with Crippen molar-refractivity contribution >= 4 is 27.5 Å². The molecular formula is C15H17BrN4O3. The van der Waals surface area contributed by atoms with Gasteiger partial charge in [0.05, 0.1) is 4.92 Å². The smallest absolute Gasteiger partial charge is 0.322 e. The summed E-state index contributed by atoms with van der Waals surface area (Å²) in [4.78, 5) is 22.6. The quantitative estimate of drug-likeness (QED) is 0.614. The molecule has 0 fully saturated rings. The molecule has 0 aliphatic rings. The molecule has 23 heavy (non-hydrogen) atoms. The van der Waals surface area contributed by atoms with Crippen LogP contribution in [0.1, 0.15) is 35.6 Å². The summed E-state index contributed by atoms with van der Waals surface area (Å²) < 4.78 is 0.976. The minimum absolute atomic E-state index is 0.195. The number of carbonyl (C=O) groups is 1. The molecule has 2 aromatic rings. The summed E-state index contributed by atoms with van der Waals surface area (Å²) in [6, 6.07) is 7.80. The van der Waals surface area contributed by atoms with Crippen LogP contribution < -0.4 is 5.32 Å². The number of benzene rings is 1. The Kier molecular flexibility index (Phi) is 4.84. The average Bonchev–Trinajstić information content (AvgIpc) is 2.87. The molecule has 1 aromatic heterocycles. The zero-order valence-electron chi connectivity index (χ0n) is 13.0. The normalized spacial score (nSPS) is 11.3. The average molecular weight is 381 g/mol. The Morgan fingerprint density at radius 2 is 2.00 bits per heavy atom. The van der Waals surface area contributed by atoms with Crippen molar-refractivity contribution in [1.29, 1.82) is 0 Å². The van der Waals surface area contributed by atoms with Gasteiger partial charge >= 0.3 is 5.69 Å². The Hall–Kier alpha value is -2.22. The zero-order valence-corrected chi connectivity index (χ0v) is 14.6. The third-order valence-electron chi connectivity index (χ3n) is 3.63. The van der Waals surface area contributed by atoms with Crippen molar-refractivity contribution in [3.8, 4) is 0 Å². The monoisotopic (exact) mass is 380 g/mol. The first-order valence-electron chi connectivity index (χ1n) is 6.96. The zero-order chi connectivity index (χ0) is 17.2. The fraction of sp³-hybridized carbons (Fsp3) is 0.333. The molecule has 122 valence electrons. The van der Waals surface area contributed by atoms with Gasteiger partial charge in [0.25, 0.3) is 5.91 Å². The highest BCUT2D eigenvalue weighted by Crippen LogP contribution is 2.25. The first-order chi connectivity index (χ1) is 10.7. The molecule has 0 saturated carbocycles. The number of hydrogen-bond donors (Lipinski definition) is 2. The Balaban J connectivity index is 2.12. The van der Waals surface area contributed by atoms with Crippen LogP contribution in [0.15, 0.2) is 28.7 Å². The summed E-state index contributed by atoms with van der Waals surface area (Å²) in [5.41, 5.74) is 0.500. The predicted octanol–water partition coefficient (Wildman–Crippen LogP) is 3.10. The standard InChI is InChI=1S/C15H17BrN4O3/c1-9-13(20(22)23)12(19-18-9)14(21)17-8-15(2,3)10-4-6-11(16)7-5-10/h4-7H,8H2,1-3H3,(H,17,21)(H,18,19). The van der Waals surface area contributed by atoms with Crippen molar-refractivity contribution in [3.05, 3.63) is 55.8 Å². The molecule has 0 atom stereocenters. The van der Waals surface area contributed by atoms with Gasteiger partial charge in [-0.25, -0.2) is 0 Å². The number of rotatable bonds is 5. The highest BCUT2D eigenvalue weighted by Gasteiger charge is 2.29. The summed E-state index contributed by atoms with van der Waals surface area (Å²) in [7, 11) is 0. The number of amides is 1. The van der Waals surface area contributed by atoms with Crippen molar-refractivity contribution < 1.29 is 9.72 Å². The van der Waals surface area contributed by atoms with Crippen LogP contribution in [-0.4, -0.2) is 27.6 Å². The predicted molar refractivity (Wildman–Crippen MR) is 89.5 cm³/mol. The molecule has 2 N–H and O–H groups in total. The summed E-state index contributed by atoms with van der Waals surface area (Å²) in [5.74, 6) is -0.564. The minimum Gasteiger partial charge on any atom is -0.350 e. The molecule has 1 aromatic carbocycles. The molecule has 0 radical (unpaired) electrons. The molecule has 0 unspecified atom stereocenters. The fourth-order valence-electron chi connectivity index (χ4n) is 2.19. The van der Waals surface area contributed by atoms with Crippen LogP contribution >= 0.6 is 15.9 Å². The maximum atomic E-state index is 12.2. The van der Waals surface area contributed by atoms with Gasteiger partial charge in [-0.15, -0.1) is 0 Å². The van der Waals surface area contributed by atoms with Crippen molar-refractivity contribution in [1.82, 2.24) is 15.5 Å². The summed E-state index contributed by atoms with van der Waals surface area (Å²) in [5, 5.41) is 20.0. The van der Waals surface area contributed by atoms with Gasteiger partial charge in [-0.3, -0.25) is 20.0 Å². The van der Waals surface area contributed by atoms with Crippen molar-refractivity contribution in [2.75, 3.05) is 6.54 Å². The maximum Gasteiger partial charge on any atom is 0.322 e. The van der Waals surface area contributed by atoms with E-state index in [4.69, 9.17) is 0 Å². The largest absolute Gasteiger partial charge is 0.350 e. The van der Waals surface area contributed by atoms with Crippen LogP contribution in [0.4, 0.5) is 5.69 Å². The molecule has 0 saturated heterocycles. The van der Waals surface area contributed by atoms with Crippen LogP contribution in [0.2, 0.25) is 0 Å². The van der Waals surface area contributed by atoms with Crippen LogP contribution in [0.5, 0.6) is 0 Å². The third-order valence-corrected chi connectivity index (χ3v) is 4.16. The first-order valence-corrected chi connectivity index (χ1v) is 7.75. The van der Waals surface area contributed by atoms with Crippen LogP contribution in [0.3, 0.4) is 0 Å². The number of aromatic amines is 1. The lowest BCUT2D eigenvalue weighted by Crippen LogP contribution is -2.37. The highest BCUT2D eigenvalue weighted by atomic mass is 79.9. The van der Waals surface area contributed by atoms with Crippen molar-refractivity contribution in [2.24, 2.45) is 0 Å². The molecule has 7 nitrogen and oxygen atoms in total. The molecular weight excluding hydrogens is 364 g/mol. The van der Waals surface area contributed by atoms with E-state index in [1.807, 2.05) is 38.1 Å². The van der Waals surface area contributed by atoms with E-state index in [0.29, 0.717) is 6.54 Å². The third kappa shape index (κ3) is 3.76. The molecule has 0 bridgehead atoms. The lowest BCUT2D eigenvalue weighted by atomic mass is 9.84. The van der Waals surface area contributed by atoms with Crippen molar-refractivity contribution in [2.45, 2.75) is 26.2 Å². The Labute approximate surface area is 141 Å². The number of hydrogen-bond acceptors (Lipinski definition) is 4. The Morgan fingerprint density at radius 1 is 1.39 bits per heavy atom. The minimum atomic E-state index is -0.604. The second kappa shape index (κ2) is 6.49. The van der Waals surface area contributed by atoms with Crippen molar-refractivity contribution in [3.63, 3.8) is 0 Å². The van der Waals surface area contributed by atoms with E-state index in [1.54, 1.807) is 0 Å². The lowest BCUT2D eigenvalue weighted by Gasteiger charge is -2.25. The highest BCUT2D eigenvalue weighted by molar-refractivity contribution is 9.10. The van der Waals surface area contributed by atoms with E-state index >= 15 is 0 Å². The number of nitrogens with one attached hydrogen (secondary N) is 2. The second-order valence-corrected chi connectivity index (χ2v) is 6.79. The number of halogens is 1. The van der Waals surface area contributed by atoms with Crippen LogP contribution in [0.25, 0.3) is 0 Å². The van der Waals surface area contributed by atoms with Gasteiger partial charge in [-0.1, -0.05) is 41.9 Å². The van der Waals surface area contributed by atoms with E-state index in [0.717, 1.165) is 10.0 Å². The van der Waals surface area contributed by atoms with Crippen LogP contribution in [-0.2, 0) is 5.41 Å². The summed E-state index contributed by atoms with van der Waals surface area (Å²) >= 11 is 3.38. The number of H-pyrrole nitrogens is 1. The Bertz CT molecular complexity index is 738. The SMILES string of the molecule is Cc1[nH]nc(C(=O)NCC(C)(C)c2ccc(Br)cc2)c1[N+](=O)[O-]. The topological polar surface area (TPSA) is 101 Å². The molecule has 0 aliphatic carbocycles. The van der Waals surface area contributed by atoms with Gasteiger partial charge in [0, 0.05) is 16.4 Å². The van der Waals surface area contributed by atoms with Gasteiger partial charge in [0.1, 0.15) is 5.69 Å². The maximum absolute atomic E-state index is 12.2. The van der Waals surface area contributed by atoms with E-state index in [-0.39, 0.29) is 22.5 Å². The number of nitro groups is 1. The van der Waals surface area contributed by atoms with E-state index in [9.17, 15) is 14.9 Å². The summed E-state index contributed by atoms with van der Waals surface area (Å²) in [6.45, 7) is 5.81. The lowest BCUT2D eigenvalue weighted by molar-refractivity contribution is -0.385. The Morgan fingerprint density at radius 3 is 2.57 bits per heavy atom. The first kappa shape index (κ1) is 17.1. The molecule has 0 spiro atoms. The second-order valence-electron chi connectivity index (χ2n) is 5.88. The van der Waals surface area contributed by atoms with Gasteiger partial charge in [-0.05, 0) is 24.6 Å². The molecule has 0 aliphatic heterocycles. The molecule has 1 heterocycles. The van der Waals surface area contributed by atoms with Gasteiger partial charge in [0.15, 0.2) is 0 Å². The number of nitrogens with zero attached hydrogens (tertiary/aromatic N) is 2. The number of aromatic nitrogens is 2. The van der Waals surface area contributed by atoms with E-state index in [2.05, 4.69) is 31.4 Å². The number of aryl methyl sites for hydroxylation is 1.